The van der Waals surface area contributed by atoms with Gasteiger partial charge in [-0.1, -0.05) is 0 Å². The molecule has 0 saturated carbocycles. The number of rotatable bonds is 3. The Labute approximate surface area is 126 Å². The molecule has 3 rings (SSSR count). The highest BCUT2D eigenvalue weighted by atomic mass is 16.6. The summed E-state index contributed by atoms with van der Waals surface area (Å²) >= 11 is 0. The molecule has 0 spiro atoms. The molecular formula is C15H15N3O4. The molecule has 7 heteroatoms. The highest BCUT2D eigenvalue weighted by molar-refractivity contribution is 5.91. The van der Waals surface area contributed by atoms with E-state index in [-0.39, 0.29) is 17.2 Å². The van der Waals surface area contributed by atoms with Crippen molar-refractivity contribution in [2.45, 2.75) is 13.5 Å². The van der Waals surface area contributed by atoms with E-state index in [1.54, 1.807) is 0 Å². The zero-order valence-corrected chi connectivity index (χ0v) is 12.0. The minimum Gasteiger partial charge on any atom is -0.486 e. The van der Waals surface area contributed by atoms with Crippen molar-refractivity contribution in [2.24, 2.45) is 0 Å². The highest BCUT2D eigenvalue weighted by Gasteiger charge is 2.15. The van der Waals surface area contributed by atoms with Gasteiger partial charge in [0.2, 0.25) is 0 Å². The second-order valence-electron chi connectivity index (χ2n) is 4.91. The van der Waals surface area contributed by atoms with Crippen LogP contribution in [0.5, 0.6) is 11.5 Å². The summed E-state index contributed by atoms with van der Waals surface area (Å²) in [6.45, 7) is 3.34. The monoisotopic (exact) mass is 301 g/mol. The molecule has 2 N–H and O–H groups in total. The van der Waals surface area contributed by atoms with Crippen LogP contribution in [0, 0.1) is 6.92 Å². The summed E-state index contributed by atoms with van der Waals surface area (Å²) in [4.78, 5) is 22.9. The lowest BCUT2D eigenvalue weighted by molar-refractivity contribution is 0.0944. The molecular weight excluding hydrogens is 286 g/mol. The number of nitrogens with one attached hydrogen (secondary N) is 2. The number of hydrogen-bond donors (Lipinski definition) is 2. The Balaban J connectivity index is 1.72. The Kier molecular flexibility index (Phi) is 3.78. The van der Waals surface area contributed by atoms with Crippen molar-refractivity contribution in [3.05, 3.63) is 51.4 Å². The van der Waals surface area contributed by atoms with E-state index < -0.39 is 0 Å². The predicted molar refractivity (Wildman–Crippen MR) is 78.2 cm³/mol. The number of carbonyl (C=O) groups is 1. The third kappa shape index (κ3) is 2.93. The minimum absolute atomic E-state index is 0.162. The first-order valence-corrected chi connectivity index (χ1v) is 6.86. The van der Waals surface area contributed by atoms with Crippen molar-refractivity contribution in [2.75, 3.05) is 13.2 Å². The SMILES string of the molecule is Cc1cc2c(cc1CNC(=O)c1ccc(=O)[nH]n1)OCCO2. The lowest BCUT2D eigenvalue weighted by Crippen LogP contribution is -2.26. The Bertz CT molecular complexity index is 749. The lowest BCUT2D eigenvalue weighted by Gasteiger charge is -2.20. The third-order valence-electron chi connectivity index (χ3n) is 3.35. The maximum Gasteiger partial charge on any atom is 0.271 e. The van der Waals surface area contributed by atoms with Gasteiger partial charge in [-0.05, 0) is 36.2 Å². The van der Waals surface area contributed by atoms with Crippen LogP contribution in [0.3, 0.4) is 0 Å². The van der Waals surface area contributed by atoms with Gasteiger partial charge >= 0.3 is 0 Å². The van der Waals surface area contributed by atoms with E-state index >= 15 is 0 Å². The first-order valence-electron chi connectivity index (χ1n) is 6.86. The first-order chi connectivity index (χ1) is 10.6. The molecule has 0 radical (unpaired) electrons. The van der Waals surface area contributed by atoms with Crippen LogP contribution >= 0.6 is 0 Å². The van der Waals surface area contributed by atoms with Gasteiger partial charge in [0.25, 0.3) is 11.5 Å². The fraction of sp³-hybridized carbons (Fsp3) is 0.267. The molecule has 1 aliphatic rings. The molecule has 1 aliphatic heterocycles. The van der Waals surface area contributed by atoms with Crippen molar-refractivity contribution in [1.82, 2.24) is 15.5 Å². The zero-order chi connectivity index (χ0) is 15.5. The number of aromatic nitrogens is 2. The molecule has 1 aromatic heterocycles. The summed E-state index contributed by atoms with van der Waals surface area (Å²) in [6, 6.07) is 6.40. The molecule has 114 valence electrons. The topological polar surface area (TPSA) is 93.3 Å². The second kappa shape index (κ2) is 5.88. The standard InChI is InChI=1S/C15H15N3O4/c1-9-6-12-13(22-5-4-21-12)7-10(9)8-16-15(20)11-2-3-14(19)18-17-11/h2-3,6-7H,4-5,8H2,1H3,(H,16,20)(H,18,19). The van der Waals surface area contributed by atoms with Gasteiger partial charge < -0.3 is 14.8 Å². The largest absolute Gasteiger partial charge is 0.486 e. The molecule has 2 heterocycles. The van der Waals surface area contributed by atoms with Crippen molar-refractivity contribution < 1.29 is 14.3 Å². The predicted octanol–water partition coefficient (Wildman–Crippen LogP) is 0.780. The van der Waals surface area contributed by atoms with E-state index in [1.807, 2.05) is 19.1 Å². The van der Waals surface area contributed by atoms with E-state index in [4.69, 9.17) is 9.47 Å². The van der Waals surface area contributed by atoms with Crippen LogP contribution in [0.15, 0.2) is 29.1 Å². The molecule has 22 heavy (non-hydrogen) atoms. The lowest BCUT2D eigenvalue weighted by atomic mass is 10.1. The van der Waals surface area contributed by atoms with Gasteiger partial charge in [-0.15, -0.1) is 0 Å². The second-order valence-corrected chi connectivity index (χ2v) is 4.91. The molecule has 7 nitrogen and oxygen atoms in total. The van der Waals surface area contributed by atoms with Gasteiger partial charge in [-0.3, -0.25) is 9.59 Å². The Morgan fingerprint density at radius 1 is 1.27 bits per heavy atom. The number of benzene rings is 1. The summed E-state index contributed by atoms with van der Waals surface area (Å²) in [5, 5.41) is 8.68. The number of amides is 1. The molecule has 2 aromatic rings. The Morgan fingerprint density at radius 3 is 2.68 bits per heavy atom. The van der Waals surface area contributed by atoms with E-state index in [0.717, 1.165) is 16.9 Å². The molecule has 0 saturated heterocycles. The number of ether oxygens (including phenoxy) is 2. The summed E-state index contributed by atoms with van der Waals surface area (Å²) in [6.07, 6.45) is 0. The van der Waals surface area contributed by atoms with Crippen LogP contribution in [0.25, 0.3) is 0 Å². The summed E-state index contributed by atoms with van der Waals surface area (Å²) in [7, 11) is 0. The molecule has 0 aliphatic carbocycles. The van der Waals surface area contributed by atoms with Gasteiger partial charge in [0, 0.05) is 12.6 Å². The summed E-state index contributed by atoms with van der Waals surface area (Å²) in [5.74, 6) is 1.05. The number of nitrogens with zero attached hydrogens (tertiary/aromatic N) is 1. The number of carbonyl (C=O) groups excluding carboxylic acids is 1. The van der Waals surface area contributed by atoms with E-state index in [2.05, 4.69) is 15.5 Å². The Morgan fingerprint density at radius 2 is 2.00 bits per heavy atom. The first kappa shape index (κ1) is 14.1. The van der Waals surface area contributed by atoms with Gasteiger partial charge in [0.05, 0.1) is 0 Å². The number of aryl methyl sites for hydroxylation is 1. The van der Waals surface area contributed by atoms with Crippen molar-refractivity contribution >= 4 is 5.91 Å². The number of hydrogen-bond acceptors (Lipinski definition) is 5. The van der Waals surface area contributed by atoms with E-state index in [1.165, 1.54) is 12.1 Å². The fourth-order valence-electron chi connectivity index (χ4n) is 2.16. The molecule has 0 atom stereocenters. The molecule has 0 unspecified atom stereocenters. The molecule has 1 aromatic carbocycles. The maximum absolute atomic E-state index is 12.0. The van der Waals surface area contributed by atoms with Crippen LogP contribution < -0.4 is 20.3 Å². The van der Waals surface area contributed by atoms with Crippen LogP contribution in [0.2, 0.25) is 0 Å². The average molecular weight is 301 g/mol. The third-order valence-corrected chi connectivity index (χ3v) is 3.35. The van der Waals surface area contributed by atoms with E-state index in [9.17, 15) is 9.59 Å². The fourth-order valence-corrected chi connectivity index (χ4v) is 2.16. The van der Waals surface area contributed by atoms with Crippen molar-refractivity contribution in [3.8, 4) is 11.5 Å². The van der Waals surface area contributed by atoms with Crippen LogP contribution in [0.1, 0.15) is 21.6 Å². The number of aromatic amines is 1. The average Bonchev–Trinajstić information content (AvgIpc) is 2.53. The van der Waals surface area contributed by atoms with Gasteiger partial charge in [0.1, 0.15) is 18.9 Å². The van der Waals surface area contributed by atoms with Gasteiger partial charge in [0.15, 0.2) is 11.5 Å². The maximum atomic E-state index is 12.0. The van der Waals surface area contributed by atoms with Crippen LogP contribution in [-0.4, -0.2) is 29.3 Å². The smallest absolute Gasteiger partial charge is 0.271 e. The molecule has 0 fully saturated rings. The number of H-pyrrole nitrogens is 1. The summed E-state index contributed by atoms with van der Waals surface area (Å²) < 4.78 is 11.0. The molecule has 1 amide bonds. The van der Waals surface area contributed by atoms with Crippen molar-refractivity contribution in [3.63, 3.8) is 0 Å². The van der Waals surface area contributed by atoms with Gasteiger partial charge in [-0.2, -0.15) is 5.10 Å². The molecule has 0 bridgehead atoms. The van der Waals surface area contributed by atoms with Crippen molar-refractivity contribution in [1.29, 1.82) is 0 Å². The quantitative estimate of drug-likeness (QED) is 0.874. The minimum atomic E-state index is -0.356. The Hall–Kier alpha value is -2.83. The van der Waals surface area contributed by atoms with E-state index in [0.29, 0.717) is 25.5 Å². The zero-order valence-electron chi connectivity index (χ0n) is 12.0. The van der Waals surface area contributed by atoms with Crippen LogP contribution in [0.4, 0.5) is 0 Å². The highest BCUT2D eigenvalue weighted by Crippen LogP contribution is 2.32. The summed E-state index contributed by atoms with van der Waals surface area (Å²) in [5.41, 5.74) is 1.75. The van der Waals surface area contributed by atoms with Crippen LogP contribution in [-0.2, 0) is 6.54 Å². The number of fused-ring (bicyclic) bond motifs is 1. The normalized spacial score (nSPS) is 12.8. The van der Waals surface area contributed by atoms with Gasteiger partial charge in [-0.25, -0.2) is 5.10 Å².